The van der Waals surface area contributed by atoms with Gasteiger partial charge in [-0.15, -0.1) is 0 Å². The van der Waals surface area contributed by atoms with Crippen molar-refractivity contribution in [2.75, 3.05) is 6.61 Å². The molecule has 0 aromatic heterocycles. The van der Waals surface area contributed by atoms with E-state index in [0.717, 1.165) is 12.5 Å². The first-order valence-electron chi connectivity index (χ1n) is 6.39. The van der Waals surface area contributed by atoms with E-state index in [1.54, 1.807) is 0 Å². The van der Waals surface area contributed by atoms with E-state index in [1.807, 2.05) is 0 Å². The number of hydrogen-bond acceptors (Lipinski definition) is 2. The number of ether oxygens (including phenoxy) is 1. The van der Waals surface area contributed by atoms with Crippen molar-refractivity contribution in [2.45, 2.75) is 29.8 Å². The molecule has 0 bridgehead atoms. The second kappa shape index (κ2) is 5.69. The first kappa shape index (κ1) is 14.6. The SMILES string of the molecule is CC(C)C1COC(c2cccc[c]2[Sn]([CH3])([CH3])[I])=N1. The van der Waals surface area contributed by atoms with Crippen LogP contribution in [0.1, 0.15) is 19.4 Å². The molecule has 98 valence electrons. The zero-order valence-electron chi connectivity index (χ0n) is 11.4. The van der Waals surface area contributed by atoms with Crippen molar-refractivity contribution in [1.29, 1.82) is 0 Å². The number of benzene rings is 1. The summed E-state index contributed by atoms with van der Waals surface area (Å²) in [5.74, 6) is 1.41. The van der Waals surface area contributed by atoms with Crippen LogP contribution in [0.3, 0.4) is 0 Å². The van der Waals surface area contributed by atoms with Gasteiger partial charge in [-0.25, -0.2) is 0 Å². The Hall–Kier alpha value is 0.219. The molecule has 1 aliphatic heterocycles. The van der Waals surface area contributed by atoms with E-state index < -0.39 is 14.4 Å². The quantitative estimate of drug-likeness (QED) is 0.498. The van der Waals surface area contributed by atoms with E-state index >= 15 is 0 Å². The molecule has 1 aromatic carbocycles. The van der Waals surface area contributed by atoms with Gasteiger partial charge in [-0.3, -0.25) is 0 Å². The van der Waals surface area contributed by atoms with Gasteiger partial charge in [0.15, 0.2) is 0 Å². The maximum atomic E-state index is 5.83. The predicted molar refractivity (Wildman–Crippen MR) is 88.7 cm³/mol. The first-order chi connectivity index (χ1) is 8.39. The van der Waals surface area contributed by atoms with Gasteiger partial charge in [0, 0.05) is 0 Å². The molecule has 18 heavy (non-hydrogen) atoms. The molecule has 2 nitrogen and oxygen atoms in total. The van der Waals surface area contributed by atoms with Crippen LogP contribution in [0.15, 0.2) is 29.3 Å². The fourth-order valence-electron chi connectivity index (χ4n) is 2.07. The summed E-state index contributed by atoms with van der Waals surface area (Å²) < 4.78 is 7.32. The van der Waals surface area contributed by atoms with E-state index in [0.29, 0.717) is 12.0 Å². The zero-order chi connectivity index (χ0) is 13.3. The van der Waals surface area contributed by atoms with E-state index in [4.69, 9.17) is 9.73 Å². The molecule has 2 rings (SSSR count). The Labute approximate surface area is 123 Å². The molecule has 0 radical (unpaired) electrons. The van der Waals surface area contributed by atoms with E-state index in [2.05, 4.69) is 66.6 Å². The van der Waals surface area contributed by atoms with Crippen LogP contribution in [0, 0.1) is 5.92 Å². The van der Waals surface area contributed by atoms with Crippen LogP contribution < -0.4 is 3.58 Å². The van der Waals surface area contributed by atoms with Crippen LogP contribution >= 0.6 is 18.6 Å². The molecule has 1 heterocycles. The van der Waals surface area contributed by atoms with Crippen LogP contribution in [0.25, 0.3) is 0 Å². The molecule has 0 aliphatic carbocycles. The molecule has 0 N–H and O–H groups in total. The number of rotatable bonds is 3. The Morgan fingerprint density at radius 3 is 2.56 bits per heavy atom. The summed E-state index contributed by atoms with van der Waals surface area (Å²) in [6.45, 7) is 5.14. The average Bonchev–Trinajstić information content (AvgIpc) is 2.77. The Kier molecular flexibility index (Phi) is 4.62. The molecular formula is C14H20INOSn. The van der Waals surface area contributed by atoms with E-state index in [1.165, 1.54) is 9.14 Å². The second-order valence-corrected chi connectivity index (χ2v) is 33.6. The first-order valence-corrected chi connectivity index (χ1v) is 21.8. The summed E-state index contributed by atoms with van der Waals surface area (Å²) in [5.41, 5.74) is 1.23. The number of halogens is 1. The summed E-state index contributed by atoms with van der Waals surface area (Å²) in [4.78, 5) is 9.60. The van der Waals surface area contributed by atoms with Crippen molar-refractivity contribution in [3.8, 4) is 0 Å². The number of nitrogens with zero attached hydrogens (tertiary/aromatic N) is 1. The van der Waals surface area contributed by atoms with E-state index in [-0.39, 0.29) is 0 Å². The van der Waals surface area contributed by atoms with Crippen molar-refractivity contribution in [3.63, 3.8) is 0 Å². The standard InChI is InChI=1S/C12H14NO.2CH3.HI.Sn/c1-9(2)11-8-14-12(13-11)10-6-4-3-5-7-10;;;;/h3-6,9,11H,8H2,1-2H3;2*1H3;1H;/q;;;;+1/p-1. The summed E-state index contributed by atoms with van der Waals surface area (Å²) in [5, 5.41) is 0. The fraction of sp³-hybridized carbons (Fsp3) is 0.500. The Balaban J connectivity index is 2.38. The molecule has 0 spiro atoms. The van der Waals surface area contributed by atoms with Gasteiger partial charge in [0.2, 0.25) is 0 Å². The molecule has 1 atom stereocenters. The van der Waals surface area contributed by atoms with Crippen LogP contribution in [-0.2, 0) is 4.74 Å². The molecule has 1 unspecified atom stereocenters. The molecule has 0 amide bonds. The third-order valence-electron chi connectivity index (χ3n) is 3.24. The molecule has 0 saturated heterocycles. The monoisotopic (exact) mass is 465 g/mol. The normalized spacial score (nSPS) is 19.9. The van der Waals surface area contributed by atoms with Crippen molar-refractivity contribution < 1.29 is 4.74 Å². The Bertz CT molecular complexity index is 465. The van der Waals surface area contributed by atoms with Gasteiger partial charge >= 0.3 is 124 Å². The molecule has 0 saturated carbocycles. The predicted octanol–water partition coefficient (Wildman–Crippen LogP) is 3.34. The number of aliphatic imine (C=N–C) groups is 1. The van der Waals surface area contributed by atoms with Gasteiger partial charge in [0.1, 0.15) is 0 Å². The molecule has 1 aliphatic rings. The molecule has 1 aromatic rings. The van der Waals surface area contributed by atoms with Gasteiger partial charge in [-0.05, 0) is 0 Å². The molecule has 0 fully saturated rings. The second-order valence-electron chi connectivity index (χ2n) is 5.57. The third kappa shape index (κ3) is 3.21. The number of hydrogen-bond donors (Lipinski definition) is 0. The zero-order valence-corrected chi connectivity index (χ0v) is 16.4. The van der Waals surface area contributed by atoms with Gasteiger partial charge < -0.3 is 0 Å². The molecular weight excluding hydrogens is 444 g/mol. The summed E-state index contributed by atoms with van der Waals surface area (Å²) >= 11 is 0.537. The van der Waals surface area contributed by atoms with Gasteiger partial charge in [-0.1, -0.05) is 0 Å². The third-order valence-corrected chi connectivity index (χ3v) is 12.0. The van der Waals surface area contributed by atoms with Crippen molar-refractivity contribution in [3.05, 3.63) is 29.8 Å². The van der Waals surface area contributed by atoms with E-state index in [9.17, 15) is 0 Å². The minimum absolute atomic E-state index is 0.320. The van der Waals surface area contributed by atoms with Gasteiger partial charge in [0.05, 0.1) is 0 Å². The molecule has 4 heteroatoms. The van der Waals surface area contributed by atoms with Gasteiger partial charge in [0.25, 0.3) is 0 Å². The van der Waals surface area contributed by atoms with Crippen LogP contribution in [0.5, 0.6) is 0 Å². The van der Waals surface area contributed by atoms with Gasteiger partial charge in [-0.2, -0.15) is 0 Å². The van der Waals surface area contributed by atoms with Crippen LogP contribution in [0.4, 0.5) is 0 Å². The summed E-state index contributed by atoms with van der Waals surface area (Å²) in [7, 11) is 0. The maximum absolute atomic E-state index is 5.83. The van der Waals surface area contributed by atoms with Crippen LogP contribution in [0.2, 0.25) is 9.88 Å². The summed E-state index contributed by atoms with van der Waals surface area (Å²) in [6, 6.07) is 8.95. The Morgan fingerprint density at radius 2 is 2.00 bits per heavy atom. The minimum atomic E-state index is -2.14. The Morgan fingerprint density at radius 1 is 1.33 bits per heavy atom. The summed E-state index contributed by atoms with van der Waals surface area (Å²) in [6.07, 6.45) is 0. The van der Waals surface area contributed by atoms with Crippen LogP contribution in [-0.4, -0.2) is 33.0 Å². The van der Waals surface area contributed by atoms with Crippen molar-refractivity contribution >= 4 is 42.5 Å². The average molecular weight is 464 g/mol. The topological polar surface area (TPSA) is 21.6 Å². The van der Waals surface area contributed by atoms with Crippen molar-refractivity contribution in [2.24, 2.45) is 10.9 Å². The fourth-order valence-corrected chi connectivity index (χ4v) is 9.00. The van der Waals surface area contributed by atoms with Crippen molar-refractivity contribution in [1.82, 2.24) is 0 Å².